The molecule has 0 aliphatic carbocycles. The Morgan fingerprint density at radius 3 is 2.48 bits per heavy atom. The van der Waals surface area contributed by atoms with Gasteiger partial charge in [0.25, 0.3) is 0 Å². The first-order chi connectivity index (χ1) is 11.3. The highest BCUT2D eigenvalue weighted by Crippen LogP contribution is 2.33. The van der Waals surface area contributed by atoms with Crippen molar-refractivity contribution in [1.29, 1.82) is 0 Å². The van der Waals surface area contributed by atoms with Gasteiger partial charge in [0.1, 0.15) is 5.37 Å². The number of nitrogens with one attached hydrogen (secondary N) is 1. The Bertz CT molecular complexity index is 828. The number of thioether (sulfide) groups is 1. The zero-order valence-electron chi connectivity index (χ0n) is 12.4. The predicted molar refractivity (Wildman–Crippen MR) is 93.1 cm³/mol. The lowest BCUT2D eigenvalue weighted by molar-refractivity contribution is 0.864. The third-order valence-corrected chi connectivity index (χ3v) is 4.54. The SMILES string of the molecule is CC1SC=NN1c1ccc(-c2ccccc2-c2nn[nH]n2)cc1. The van der Waals surface area contributed by atoms with Gasteiger partial charge in [0, 0.05) is 5.56 Å². The normalized spacial score (nSPS) is 16.9. The van der Waals surface area contributed by atoms with Crippen molar-refractivity contribution in [3.05, 3.63) is 48.5 Å². The Kier molecular flexibility index (Phi) is 3.55. The van der Waals surface area contributed by atoms with Gasteiger partial charge < -0.3 is 0 Å². The third kappa shape index (κ3) is 2.59. The van der Waals surface area contributed by atoms with Crippen molar-refractivity contribution in [1.82, 2.24) is 20.6 Å². The van der Waals surface area contributed by atoms with Crippen LogP contribution in [0, 0.1) is 0 Å². The summed E-state index contributed by atoms with van der Waals surface area (Å²) in [6, 6.07) is 16.4. The highest BCUT2D eigenvalue weighted by atomic mass is 32.2. The van der Waals surface area contributed by atoms with Gasteiger partial charge >= 0.3 is 0 Å². The molecule has 0 spiro atoms. The van der Waals surface area contributed by atoms with Gasteiger partial charge in [0.2, 0.25) is 5.82 Å². The number of aromatic amines is 1. The van der Waals surface area contributed by atoms with E-state index in [4.69, 9.17) is 0 Å². The zero-order chi connectivity index (χ0) is 15.6. The van der Waals surface area contributed by atoms with E-state index in [-0.39, 0.29) is 0 Å². The summed E-state index contributed by atoms with van der Waals surface area (Å²) < 4.78 is 0. The molecule has 23 heavy (non-hydrogen) atoms. The second-order valence-corrected chi connectivity index (χ2v) is 6.29. The summed E-state index contributed by atoms with van der Waals surface area (Å²) in [4.78, 5) is 0. The van der Waals surface area contributed by atoms with Crippen LogP contribution in [-0.4, -0.2) is 31.5 Å². The Morgan fingerprint density at radius 2 is 1.83 bits per heavy atom. The molecule has 1 unspecified atom stereocenters. The minimum Gasteiger partial charge on any atom is -0.252 e. The monoisotopic (exact) mass is 322 g/mol. The number of tetrazole rings is 1. The van der Waals surface area contributed by atoms with Crippen molar-refractivity contribution in [2.75, 3.05) is 5.01 Å². The van der Waals surface area contributed by atoms with Gasteiger partial charge in [-0.25, -0.2) is 0 Å². The summed E-state index contributed by atoms with van der Waals surface area (Å²) in [7, 11) is 0. The molecule has 0 amide bonds. The first-order valence-corrected chi connectivity index (χ1v) is 8.17. The number of hydrazone groups is 1. The van der Waals surface area contributed by atoms with Gasteiger partial charge in [-0.2, -0.15) is 10.3 Å². The van der Waals surface area contributed by atoms with Crippen LogP contribution >= 0.6 is 11.8 Å². The van der Waals surface area contributed by atoms with Crippen molar-refractivity contribution in [2.24, 2.45) is 5.10 Å². The van der Waals surface area contributed by atoms with Crippen LogP contribution < -0.4 is 5.01 Å². The Hall–Kier alpha value is -2.67. The van der Waals surface area contributed by atoms with E-state index in [9.17, 15) is 0 Å². The van der Waals surface area contributed by atoms with Crippen LogP contribution in [0.25, 0.3) is 22.5 Å². The number of H-pyrrole nitrogens is 1. The molecule has 1 aromatic heterocycles. The first-order valence-electron chi connectivity index (χ1n) is 7.23. The van der Waals surface area contributed by atoms with E-state index in [0.717, 1.165) is 22.4 Å². The molecule has 1 aliphatic heterocycles. The van der Waals surface area contributed by atoms with Crippen molar-refractivity contribution in [3.63, 3.8) is 0 Å². The van der Waals surface area contributed by atoms with Crippen LogP contribution in [0.4, 0.5) is 5.69 Å². The number of nitrogens with zero attached hydrogens (tertiary/aromatic N) is 5. The summed E-state index contributed by atoms with van der Waals surface area (Å²) >= 11 is 1.71. The molecule has 0 bridgehead atoms. The number of aromatic nitrogens is 4. The molecule has 0 saturated carbocycles. The van der Waals surface area contributed by atoms with Gasteiger partial charge in [0.05, 0.1) is 11.2 Å². The lowest BCUT2D eigenvalue weighted by atomic mass is 9.99. The maximum atomic E-state index is 4.39. The molecule has 3 aromatic rings. The summed E-state index contributed by atoms with van der Waals surface area (Å²) in [5, 5.41) is 21.0. The molecule has 1 atom stereocenters. The Labute approximate surface area is 137 Å². The quantitative estimate of drug-likeness (QED) is 0.800. The number of rotatable bonds is 3. The van der Waals surface area contributed by atoms with E-state index in [1.807, 2.05) is 28.8 Å². The van der Waals surface area contributed by atoms with Crippen LogP contribution in [0.1, 0.15) is 6.92 Å². The second-order valence-electron chi connectivity index (χ2n) is 5.13. The van der Waals surface area contributed by atoms with Crippen LogP contribution in [0.15, 0.2) is 53.6 Å². The van der Waals surface area contributed by atoms with Gasteiger partial charge in [-0.3, -0.25) is 5.01 Å². The summed E-state index contributed by atoms with van der Waals surface area (Å²) in [5.41, 5.74) is 6.10. The van der Waals surface area contributed by atoms with E-state index in [0.29, 0.717) is 11.2 Å². The highest BCUT2D eigenvalue weighted by Gasteiger charge is 2.18. The molecule has 2 heterocycles. The second kappa shape index (κ2) is 5.85. The first kappa shape index (κ1) is 14.0. The van der Waals surface area contributed by atoms with Gasteiger partial charge in [-0.15, -0.1) is 10.2 Å². The molecule has 1 aliphatic rings. The molecular weight excluding hydrogens is 308 g/mol. The van der Waals surface area contributed by atoms with Crippen molar-refractivity contribution in [2.45, 2.75) is 12.3 Å². The van der Waals surface area contributed by atoms with Crippen molar-refractivity contribution in [3.8, 4) is 22.5 Å². The van der Waals surface area contributed by atoms with Crippen LogP contribution in [-0.2, 0) is 0 Å². The van der Waals surface area contributed by atoms with Crippen LogP contribution in [0.2, 0.25) is 0 Å². The molecule has 0 radical (unpaired) electrons. The molecule has 6 nitrogen and oxygen atoms in total. The zero-order valence-corrected chi connectivity index (χ0v) is 13.2. The lowest BCUT2D eigenvalue weighted by Gasteiger charge is -2.19. The van der Waals surface area contributed by atoms with E-state index in [2.05, 4.69) is 63.0 Å². The standard InChI is InChI=1S/C16H14N6S/c1-11-22(17-10-23-11)13-8-6-12(7-9-13)14-4-2-3-5-15(14)16-18-20-21-19-16/h2-11H,1H3,(H,18,19,20,21). The minimum absolute atomic E-state index is 0.326. The molecule has 114 valence electrons. The summed E-state index contributed by atoms with van der Waals surface area (Å²) in [6.45, 7) is 2.14. The van der Waals surface area contributed by atoms with E-state index in [1.165, 1.54) is 0 Å². The van der Waals surface area contributed by atoms with E-state index in [1.54, 1.807) is 11.8 Å². The van der Waals surface area contributed by atoms with E-state index >= 15 is 0 Å². The summed E-state index contributed by atoms with van der Waals surface area (Å²) in [6.07, 6.45) is 0. The largest absolute Gasteiger partial charge is 0.252 e. The fourth-order valence-electron chi connectivity index (χ4n) is 2.59. The summed E-state index contributed by atoms with van der Waals surface area (Å²) in [5.74, 6) is 0.596. The number of benzene rings is 2. The van der Waals surface area contributed by atoms with Crippen LogP contribution in [0.3, 0.4) is 0 Å². The molecule has 7 heteroatoms. The number of hydrogen-bond acceptors (Lipinski definition) is 6. The maximum Gasteiger partial charge on any atom is 0.205 e. The van der Waals surface area contributed by atoms with Crippen molar-refractivity contribution < 1.29 is 0 Å². The minimum atomic E-state index is 0.326. The lowest BCUT2D eigenvalue weighted by Crippen LogP contribution is -2.20. The third-order valence-electron chi connectivity index (χ3n) is 3.73. The average molecular weight is 322 g/mol. The van der Waals surface area contributed by atoms with Gasteiger partial charge in [-0.1, -0.05) is 48.2 Å². The predicted octanol–water partition coefficient (Wildman–Crippen LogP) is 3.38. The fraction of sp³-hybridized carbons (Fsp3) is 0.125. The number of anilines is 1. The molecule has 4 rings (SSSR count). The van der Waals surface area contributed by atoms with E-state index < -0.39 is 0 Å². The molecule has 0 saturated heterocycles. The van der Waals surface area contributed by atoms with Crippen molar-refractivity contribution >= 4 is 23.0 Å². The van der Waals surface area contributed by atoms with Gasteiger partial charge in [0.15, 0.2) is 0 Å². The highest BCUT2D eigenvalue weighted by molar-refractivity contribution is 8.12. The Morgan fingerprint density at radius 1 is 1.04 bits per heavy atom. The van der Waals surface area contributed by atoms with Gasteiger partial charge in [-0.05, 0) is 35.4 Å². The fourth-order valence-corrected chi connectivity index (χ4v) is 3.22. The maximum absolute atomic E-state index is 4.39. The smallest absolute Gasteiger partial charge is 0.205 e. The number of hydrogen-bond donors (Lipinski definition) is 1. The Balaban J connectivity index is 1.71. The molecular formula is C16H14N6S. The molecule has 2 aromatic carbocycles. The molecule has 0 fully saturated rings. The molecule has 1 N–H and O–H groups in total. The topological polar surface area (TPSA) is 70.1 Å². The average Bonchev–Trinajstić information content (AvgIpc) is 3.27. The van der Waals surface area contributed by atoms with Crippen LogP contribution in [0.5, 0.6) is 0 Å².